The molecule has 0 spiro atoms. The minimum Gasteiger partial charge on any atom is -0.383 e. The number of nitrogens with one attached hydrogen (secondary N) is 1. The summed E-state index contributed by atoms with van der Waals surface area (Å²) in [4.78, 5) is 10.7. The van der Waals surface area contributed by atoms with Gasteiger partial charge in [-0.3, -0.25) is 0 Å². The van der Waals surface area contributed by atoms with Crippen LogP contribution in [0.15, 0.2) is 6.33 Å². The van der Waals surface area contributed by atoms with E-state index in [0.29, 0.717) is 5.82 Å². The fraction of sp³-hybridized carbons (Fsp3) is 0.692. The second-order valence-electron chi connectivity index (χ2n) is 5.27. The Bertz CT molecular complexity index is 412. The summed E-state index contributed by atoms with van der Waals surface area (Å²) in [5.74, 6) is 1.47. The lowest BCUT2D eigenvalue weighted by Crippen LogP contribution is -2.54. The maximum absolute atomic E-state index is 5.88. The number of hydrogen-bond donors (Lipinski definition) is 2. The highest BCUT2D eigenvalue weighted by Gasteiger charge is 2.38. The zero-order valence-electron chi connectivity index (χ0n) is 11.5. The first-order valence-corrected chi connectivity index (χ1v) is 6.60. The Balaban J connectivity index is 2.08. The smallest absolute Gasteiger partial charge is 0.134 e. The first-order valence-electron chi connectivity index (χ1n) is 6.60. The maximum atomic E-state index is 5.88. The number of hydrogen-bond acceptors (Lipinski definition) is 5. The topological polar surface area (TPSA) is 67.1 Å². The van der Waals surface area contributed by atoms with Gasteiger partial charge < -0.3 is 16.0 Å². The van der Waals surface area contributed by atoms with Crippen molar-refractivity contribution in [2.45, 2.75) is 38.1 Å². The predicted molar refractivity (Wildman–Crippen MR) is 74.6 cm³/mol. The van der Waals surface area contributed by atoms with Gasteiger partial charge in [-0.1, -0.05) is 6.92 Å². The summed E-state index contributed by atoms with van der Waals surface area (Å²) in [6.07, 6.45) is 6.18. The molecule has 1 aliphatic carbocycles. The molecule has 1 aromatic heterocycles. The number of nitrogens with zero attached hydrogens (tertiary/aromatic N) is 3. The van der Waals surface area contributed by atoms with Crippen LogP contribution in [-0.4, -0.2) is 41.0 Å². The Morgan fingerprint density at radius 1 is 1.39 bits per heavy atom. The molecule has 1 aromatic rings. The number of anilines is 2. The molecule has 0 saturated heterocycles. The Morgan fingerprint density at radius 2 is 2.11 bits per heavy atom. The van der Waals surface area contributed by atoms with Crippen LogP contribution in [0, 0.1) is 0 Å². The average molecular weight is 249 g/mol. The van der Waals surface area contributed by atoms with Gasteiger partial charge in [-0.05, 0) is 39.8 Å². The molecule has 5 nitrogen and oxygen atoms in total. The zero-order chi connectivity index (χ0) is 13.2. The van der Waals surface area contributed by atoms with E-state index in [1.54, 1.807) is 0 Å². The summed E-state index contributed by atoms with van der Waals surface area (Å²) >= 11 is 0. The van der Waals surface area contributed by atoms with Crippen molar-refractivity contribution in [2.75, 3.05) is 31.7 Å². The number of nitrogens with two attached hydrogens (primary N) is 1. The third kappa shape index (κ3) is 2.27. The average Bonchev–Trinajstić information content (AvgIpc) is 2.27. The second kappa shape index (κ2) is 5.10. The van der Waals surface area contributed by atoms with E-state index in [0.717, 1.165) is 24.3 Å². The van der Waals surface area contributed by atoms with Gasteiger partial charge in [-0.25, -0.2) is 9.97 Å². The summed E-state index contributed by atoms with van der Waals surface area (Å²) in [6.45, 7) is 2.99. The molecule has 1 heterocycles. The lowest BCUT2D eigenvalue weighted by molar-refractivity contribution is 0.0738. The fourth-order valence-corrected chi connectivity index (χ4v) is 2.54. The summed E-state index contributed by atoms with van der Waals surface area (Å²) in [5.41, 5.74) is 7.18. The molecule has 18 heavy (non-hydrogen) atoms. The van der Waals surface area contributed by atoms with Crippen LogP contribution in [0.3, 0.4) is 0 Å². The molecule has 3 N–H and O–H groups in total. The summed E-state index contributed by atoms with van der Waals surface area (Å²) < 4.78 is 0. The molecule has 1 fully saturated rings. The quantitative estimate of drug-likeness (QED) is 0.828. The van der Waals surface area contributed by atoms with Crippen molar-refractivity contribution in [1.82, 2.24) is 14.9 Å². The van der Waals surface area contributed by atoms with Crippen molar-refractivity contribution >= 4 is 11.6 Å². The first kappa shape index (κ1) is 13.1. The highest BCUT2D eigenvalue weighted by molar-refractivity contribution is 5.55. The summed E-state index contributed by atoms with van der Waals surface area (Å²) in [6, 6.07) is 0. The molecule has 0 aromatic carbocycles. The molecular formula is C13H23N5. The van der Waals surface area contributed by atoms with E-state index in [1.807, 2.05) is 0 Å². The highest BCUT2D eigenvalue weighted by atomic mass is 15.2. The monoisotopic (exact) mass is 249 g/mol. The van der Waals surface area contributed by atoms with Gasteiger partial charge in [0, 0.05) is 17.6 Å². The van der Waals surface area contributed by atoms with Gasteiger partial charge in [-0.15, -0.1) is 0 Å². The van der Waals surface area contributed by atoms with Crippen molar-refractivity contribution in [3.63, 3.8) is 0 Å². The molecule has 0 atom stereocenters. The molecule has 1 aliphatic rings. The normalized spacial score (nSPS) is 17.6. The third-order valence-electron chi connectivity index (χ3n) is 4.15. The van der Waals surface area contributed by atoms with E-state index in [2.05, 4.69) is 41.2 Å². The Morgan fingerprint density at radius 3 is 2.61 bits per heavy atom. The van der Waals surface area contributed by atoms with Gasteiger partial charge in [0.15, 0.2) is 0 Å². The first-order chi connectivity index (χ1) is 8.59. The standard InChI is InChI=1S/C13H23N5/c1-4-10-11(14)16-9-17-12(10)15-8-13(18(2)3)6-5-7-13/h9H,4-8H2,1-3H3,(H3,14,15,16,17). The minimum atomic E-state index is 0.282. The van der Waals surface area contributed by atoms with Crippen LogP contribution < -0.4 is 11.1 Å². The summed E-state index contributed by atoms with van der Waals surface area (Å²) in [7, 11) is 4.30. The van der Waals surface area contributed by atoms with E-state index in [4.69, 9.17) is 5.73 Å². The molecule has 0 unspecified atom stereocenters. The van der Waals surface area contributed by atoms with Crippen LogP contribution in [0.2, 0.25) is 0 Å². The molecule has 0 aliphatic heterocycles. The Kier molecular flexibility index (Phi) is 3.71. The fourth-order valence-electron chi connectivity index (χ4n) is 2.54. The maximum Gasteiger partial charge on any atom is 0.134 e. The Labute approximate surface area is 109 Å². The van der Waals surface area contributed by atoms with Gasteiger partial charge in [0.2, 0.25) is 0 Å². The van der Waals surface area contributed by atoms with Gasteiger partial charge in [0.25, 0.3) is 0 Å². The van der Waals surface area contributed by atoms with E-state index in [1.165, 1.54) is 25.6 Å². The molecule has 5 heteroatoms. The van der Waals surface area contributed by atoms with E-state index >= 15 is 0 Å². The van der Waals surface area contributed by atoms with Gasteiger partial charge in [0.05, 0.1) is 0 Å². The number of nitrogen functional groups attached to an aromatic ring is 1. The van der Waals surface area contributed by atoms with Crippen LogP contribution >= 0.6 is 0 Å². The highest BCUT2D eigenvalue weighted by Crippen LogP contribution is 2.36. The number of aromatic nitrogens is 2. The SMILES string of the molecule is CCc1c(N)ncnc1NCC1(N(C)C)CCC1. The van der Waals surface area contributed by atoms with Crippen molar-refractivity contribution in [3.05, 3.63) is 11.9 Å². The molecule has 2 rings (SSSR count). The molecule has 0 amide bonds. The third-order valence-corrected chi connectivity index (χ3v) is 4.15. The minimum absolute atomic E-state index is 0.282. The van der Waals surface area contributed by atoms with E-state index in [-0.39, 0.29) is 5.54 Å². The molecule has 100 valence electrons. The van der Waals surface area contributed by atoms with Gasteiger partial charge >= 0.3 is 0 Å². The Hall–Kier alpha value is -1.36. The molecule has 1 saturated carbocycles. The second-order valence-corrected chi connectivity index (χ2v) is 5.27. The van der Waals surface area contributed by atoms with E-state index < -0.39 is 0 Å². The number of rotatable bonds is 5. The van der Waals surface area contributed by atoms with Crippen molar-refractivity contribution in [1.29, 1.82) is 0 Å². The van der Waals surface area contributed by atoms with Crippen LogP contribution in [0.1, 0.15) is 31.7 Å². The van der Waals surface area contributed by atoms with Crippen molar-refractivity contribution in [2.24, 2.45) is 0 Å². The largest absolute Gasteiger partial charge is 0.383 e. The molecule has 0 bridgehead atoms. The lowest BCUT2D eigenvalue weighted by atomic mass is 9.75. The van der Waals surface area contributed by atoms with Crippen molar-refractivity contribution in [3.8, 4) is 0 Å². The van der Waals surface area contributed by atoms with Gasteiger partial charge in [-0.2, -0.15) is 0 Å². The number of likely N-dealkylation sites (N-methyl/N-ethyl adjacent to an activating group) is 1. The van der Waals surface area contributed by atoms with Gasteiger partial charge in [0.1, 0.15) is 18.0 Å². The van der Waals surface area contributed by atoms with Crippen LogP contribution in [0.4, 0.5) is 11.6 Å². The van der Waals surface area contributed by atoms with Crippen molar-refractivity contribution < 1.29 is 0 Å². The van der Waals surface area contributed by atoms with Crippen LogP contribution in [0.25, 0.3) is 0 Å². The van der Waals surface area contributed by atoms with E-state index in [9.17, 15) is 0 Å². The molecule has 0 radical (unpaired) electrons. The van der Waals surface area contributed by atoms with Crippen LogP contribution in [0.5, 0.6) is 0 Å². The summed E-state index contributed by atoms with van der Waals surface area (Å²) in [5, 5.41) is 3.46. The zero-order valence-corrected chi connectivity index (χ0v) is 11.5. The predicted octanol–water partition coefficient (Wildman–Crippen LogP) is 1.52. The lowest BCUT2D eigenvalue weighted by Gasteiger charge is -2.47. The van der Waals surface area contributed by atoms with Crippen LogP contribution in [-0.2, 0) is 6.42 Å². The molecular weight excluding hydrogens is 226 g/mol.